The van der Waals surface area contributed by atoms with E-state index in [1.165, 1.54) is 12.3 Å². The minimum Gasteiger partial charge on any atom is -0.496 e. The van der Waals surface area contributed by atoms with Crippen molar-refractivity contribution < 1.29 is 13.2 Å². The topological polar surface area (TPSA) is 55.7 Å². The van der Waals surface area contributed by atoms with Gasteiger partial charge in [0, 0.05) is 5.56 Å². The highest BCUT2D eigenvalue weighted by Crippen LogP contribution is 2.27. The Morgan fingerprint density at radius 3 is 2.64 bits per heavy atom. The molecule has 4 nitrogen and oxygen atoms in total. The summed E-state index contributed by atoms with van der Waals surface area (Å²) < 4.78 is 33.7. The Morgan fingerprint density at radius 2 is 1.91 bits per heavy atom. The van der Waals surface area contributed by atoms with E-state index in [0.29, 0.717) is 11.3 Å². The molecule has 0 aliphatic heterocycles. The molecule has 0 fully saturated rings. The van der Waals surface area contributed by atoms with Gasteiger partial charge in [-0.25, -0.2) is 0 Å². The number of hydrogen-bond donors (Lipinski definition) is 0. The third-order valence-electron chi connectivity index (χ3n) is 3.22. The number of fused-ring (bicyclic) bond motifs is 1. The molecule has 22 heavy (non-hydrogen) atoms. The first-order valence-electron chi connectivity index (χ1n) is 6.51. The lowest BCUT2D eigenvalue weighted by atomic mass is 10.0. The Morgan fingerprint density at radius 1 is 1.09 bits per heavy atom. The van der Waals surface area contributed by atoms with Gasteiger partial charge >= 0.3 is 0 Å². The van der Waals surface area contributed by atoms with Gasteiger partial charge in [0.2, 0.25) is 0 Å². The molecular weight excluding hydrogens is 318 g/mol. The van der Waals surface area contributed by atoms with Crippen LogP contribution in [0.5, 0.6) is 5.75 Å². The molecule has 0 amide bonds. The van der Waals surface area contributed by atoms with Crippen molar-refractivity contribution in [3.63, 3.8) is 0 Å². The Labute approximate surface area is 132 Å². The quantitative estimate of drug-likeness (QED) is 0.685. The zero-order valence-corrected chi connectivity index (χ0v) is 13.4. The second kappa shape index (κ2) is 5.90. The van der Waals surface area contributed by atoms with Gasteiger partial charge in [-0.3, -0.25) is 0 Å². The Kier molecular flexibility index (Phi) is 3.96. The second-order valence-electron chi connectivity index (χ2n) is 4.54. The van der Waals surface area contributed by atoms with E-state index < -0.39 is 10.0 Å². The maximum Gasteiger partial charge on any atom is 0.291 e. The summed E-state index contributed by atoms with van der Waals surface area (Å²) in [6.45, 7) is 0. The zero-order valence-electron chi connectivity index (χ0n) is 11.8. The van der Waals surface area contributed by atoms with Crippen LogP contribution in [0.15, 0.2) is 62.5 Å². The summed E-state index contributed by atoms with van der Waals surface area (Å²) in [7, 11) is -2.13. The normalized spacial score (nSPS) is 12.0. The molecule has 3 aromatic rings. The molecule has 0 aliphatic rings. The van der Waals surface area contributed by atoms with E-state index in [0.717, 1.165) is 22.1 Å². The molecule has 1 aromatic heterocycles. The SMILES string of the molecule is COc1ccc2ccccc2c1/C=N\S(=O)(=O)c1cccs1. The van der Waals surface area contributed by atoms with E-state index in [4.69, 9.17) is 4.74 Å². The molecule has 0 saturated heterocycles. The second-order valence-corrected chi connectivity index (χ2v) is 7.35. The third-order valence-corrected chi connectivity index (χ3v) is 5.83. The third kappa shape index (κ3) is 2.75. The summed E-state index contributed by atoms with van der Waals surface area (Å²) >= 11 is 1.15. The molecule has 0 unspecified atom stereocenters. The summed E-state index contributed by atoms with van der Waals surface area (Å²) in [5.74, 6) is 0.587. The molecule has 6 heteroatoms. The number of hydrogen-bond acceptors (Lipinski definition) is 4. The van der Waals surface area contributed by atoms with Gasteiger partial charge in [0.25, 0.3) is 10.0 Å². The average Bonchev–Trinajstić information content (AvgIpc) is 3.07. The fraction of sp³-hybridized carbons (Fsp3) is 0.0625. The highest BCUT2D eigenvalue weighted by atomic mass is 32.2. The average molecular weight is 331 g/mol. The van der Waals surface area contributed by atoms with Crippen molar-refractivity contribution in [2.24, 2.45) is 4.40 Å². The summed E-state index contributed by atoms with van der Waals surface area (Å²) in [5, 5.41) is 3.60. The molecule has 0 bridgehead atoms. The summed E-state index contributed by atoms with van der Waals surface area (Å²) in [4.78, 5) is 0. The summed E-state index contributed by atoms with van der Waals surface area (Å²) in [5.41, 5.74) is 0.653. The van der Waals surface area contributed by atoms with E-state index in [2.05, 4.69) is 4.40 Å². The molecule has 0 atom stereocenters. The molecular formula is C16H13NO3S2. The van der Waals surface area contributed by atoms with Crippen LogP contribution in [0, 0.1) is 0 Å². The first-order valence-corrected chi connectivity index (χ1v) is 8.83. The lowest BCUT2D eigenvalue weighted by molar-refractivity contribution is 0.415. The van der Waals surface area contributed by atoms with Crippen molar-refractivity contribution in [1.82, 2.24) is 0 Å². The first kappa shape index (κ1) is 14.7. The standard InChI is InChI=1S/C16H13NO3S2/c1-20-15-9-8-12-5-2-3-6-13(12)14(15)11-17-22(18,19)16-7-4-10-21-16/h2-11H,1H3/b17-11-. The molecule has 0 aliphatic carbocycles. The van der Waals surface area contributed by atoms with Crippen LogP contribution >= 0.6 is 11.3 Å². The van der Waals surface area contributed by atoms with Gasteiger partial charge in [0.05, 0.1) is 13.3 Å². The molecule has 0 radical (unpaired) electrons. The van der Waals surface area contributed by atoms with Crippen molar-refractivity contribution in [3.8, 4) is 5.75 Å². The van der Waals surface area contributed by atoms with E-state index >= 15 is 0 Å². The van der Waals surface area contributed by atoms with Gasteiger partial charge in [-0.1, -0.05) is 36.4 Å². The molecule has 2 aromatic carbocycles. The summed E-state index contributed by atoms with van der Waals surface area (Å²) in [6, 6.07) is 14.7. The Bertz CT molecular complexity index is 929. The van der Waals surface area contributed by atoms with Crippen LogP contribution in [-0.4, -0.2) is 21.7 Å². The van der Waals surface area contributed by atoms with Gasteiger partial charge in [-0.05, 0) is 28.3 Å². The van der Waals surface area contributed by atoms with Crippen molar-refractivity contribution >= 4 is 38.3 Å². The fourth-order valence-electron chi connectivity index (χ4n) is 2.17. The highest BCUT2D eigenvalue weighted by Gasteiger charge is 2.14. The Balaban J connectivity index is 2.12. The van der Waals surface area contributed by atoms with E-state index in [1.807, 2.05) is 30.3 Å². The van der Waals surface area contributed by atoms with Crippen LogP contribution in [0.2, 0.25) is 0 Å². The fourth-order valence-corrected chi connectivity index (χ4v) is 4.00. The predicted octanol–water partition coefficient (Wildman–Crippen LogP) is 3.72. The maximum atomic E-state index is 12.2. The number of ether oxygens (including phenoxy) is 1. The predicted molar refractivity (Wildman–Crippen MR) is 89.6 cm³/mol. The van der Waals surface area contributed by atoms with Gasteiger partial charge in [-0.15, -0.1) is 11.3 Å². The largest absolute Gasteiger partial charge is 0.496 e. The first-order chi connectivity index (χ1) is 10.6. The number of benzene rings is 2. The molecule has 0 saturated carbocycles. The smallest absolute Gasteiger partial charge is 0.291 e. The van der Waals surface area contributed by atoms with Gasteiger partial charge in [-0.2, -0.15) is 12.8 Å². The Hall–Kier alpha value is -2.18. The van der Waals surface area contributed by atoms with E-state index in [9.17, 15) is 8.42 Å². The van der Waals surface area contributed by atoms with Crippen molar-refractivity contribution in [1.29, 1.82) is 0 Å². The maximum absolute atomic E-state index is 12.2. The highest BCUT2D eigenvalue weighted by molar-refractivity contribution is 7.92. The van der Waals surface area contributed by atoms with Crippen LogP contribution in [0.1, 0.15) is 5.56 Å². The van der Waals surface area contributed by atoms with E-state index in [1.54, 1.807) is 24.6 Å². The number of sulfonamides is 1. The van der Waals surface area contributed by atoms with E-state index in [-0.39, 0.29) is 4.21 Å². The number of nitrogens with zero attached hydrogens (tertiary/aromatic N) is 1. The number of methoxy groups -OCH3 is 1. The van der Waals surface area contributed by atoms with Crippen molar-refractivity contribution in [3.05, 3.63) is 59.5 Å². The molecule has 0 N–H and O–H groups in total. The number of thiophene rings is 1. The van der Waals surface area contributed by atoms with Gasteiger partial charge < -0.3 is 4.74 Å². The van der Waals surface area contributed by atoms with Crippen LogP contribution in [0.4, 0.5) is 0 Å². The minimum absolute atomic E-state index is 0.225. The van der Waals surface area contributed by atoms with Crippen LogP contribution < -0.4 is 4.74 Å². The van der Waals surface area contributed by atoms with Gasteiger partial charge in [0.1, 0.15) is 9.96 Å². The molecule has 0 spiro atoms. The van der Waals surface area contributed by atoms with Crippen molar-refractivity contribution in [2.75, 3.05) is 7.11 Å². The van der Waals surface area contributed by atoms with Crippen LogP contribution in [0.25, 0.3) is 10.8 Å². The molecule has 112 valence electrons. The van der Waals surface area contributed by atoms with Crippen molar-refractivity contribution in [2.45, 2.75) is 4.21 Å². The zero-order chi connectivity index (χ0) is 15.6. The minimum atomic E-state index is -3.68. The lowest BCUT2D eigenvalue weighted by Crippen LogP contribution is -1.97. The van der Waals surface area contributed by atoms with Crippen LogP contribution in [0.3, 0.4) is 0 Å². The molecule has 3 rings (SSSR count). The summed E-state index contributed by atoms with van der Waals surface area (Å²) in [6.07, 6.45) is 1.36. The van der Waals surface area contributed by atoms with Gasteiger partial charge in [0.15, 0.2) is 0 Å². The molecule has 1 heterocycles. The number of rotatable bonds is 4. The lowest BCUT2D eigenvalue weighted by Gasteiger charge is -2.08. The van der Waals surface area contributed by atoms with Crippen LogP contribution in [-0.2, 0) is 10.0 Å². The monoisotopic (exact) mass is 331 g/mol.